The fourth-order valence-electron chi connectivity index (χ4n) is 2.87. The molecule has 1 N–H and O–H groups in total. The van der Waals surface area contributed by atoms with Gasteiger partial charge in [0.1, 0.15) is 11.5 Å². The first-order valence-corrected chi connectivity index (χ1v) is 7.54. The van der Waals surface area contributed by atoms with Crippen LogP contribution in [0.5, 0.6) is 11.5 Å². The number of rotatable bonds is 3. The van der Waals surface area contributed by atoms with Crippen LogP contribution in [-0.2, 0) is 13.6 Å². The van der Waals surface area contributed by atoms with Gasteiger partial charge in [-0.25, -0.2) is 4.39 Å². The van der Waals surface area contributed by atoms with Gasteiger partial charge < -0.3 is 19.4 Å². The van der Waals surface area contributed by atoms with E-state index in [0.29, 0.717) is 34.6 Å². The van der Waals surface area contributed by atoms with Gasteiger partial charge >= 0.3 is 0 Å². The van der Waals surface area contributed by atoms with Crippen molar-refractivity contribution in [3.05, 3.63) is 59.5 Å². The molecule has 3 aromatic rings. The summed E-state index contributed by atoms with van der Waals surface area (Å²) in [5.41, 5.74) is 2.00. The largest absolute Gasteiger partial charge is 0.454 e. The van der Waals surface area contributed by atoms with E-state index in [1.807, 2.05) is 18.2 Å². The van der Waals surface area contributed by atoms with E-state index in [9.17, 15) is 9.18 Å². The van der Waals surface area contributed by atoms with Crippen LogP contribution in [0.15, 0.2) is 42.5 Å². The molecule has 2 aromatic carbocycles. The highest BCUT2D eigenvalue weighted by atomic mass is 19.1. The van der Waals surface area contributed by atoms with E-state index in [1.54, 1.807) is 29.8 Å². The Bertz CT molecular complexity index is 949. The van der Waals surface area contributed by atoms with Crippen molar-refractivity contribution in [3.63, 3.8) is 0 Å². The second-order valence-electron chi connectivity index (χ2n) is 5.63. The Kier molecular flexibility index (Phi) is 3.37. The van der Waals surface area contributed by atoms with Crippen molar-refractivity contribution in [1.29, 1.82) is 0 Å². The molecule has 0 fully saturated rings. The fourth-order valence-corrected chi connectivity index (χ4v) is 2.87. The lowest BCUT2D eigenvalue weighted by atomic mass is 10.2. The van der Waals surface area contributed by atoms with E-state index in [0.717, 1.165) is 5.56 Å². The molecule has 0 bridgehead atoms. The van der Waals surface area contributed by atoms with Crippen LogP contribution in [0.2, 0.25) is 0 Å². The second kappa shape index (κ2) is 5.56. The molecule has 0 spiro atoms. The monoisotopic (exact) mass is 326 g/mol. The average molecular weight is 326 g/mol. The molecule has 1 aliphatic rings. The van der Waals surface area contributed by atoms with E-state index >= 15 is 0 Å². The predicted octanol–water partition coefficient (Wildman–Crippen LogP) is 2.98. The minimum Gasteiger partial charge on any atom is -0.454 e. The van der Waals surface area contributed by atoms with Crippen LogP contribution in [0.3, 0.4) is 0 Å². The van der Waals surface area contributed by atoms with Crippen molar-refractivity contribution in [2.75, 3.05) is 6.79 Å². The number of amides is 1. The van der Waals surface area contributed by atoms with Gasteiger partial charge in [-0.3, -0.25) is 4.79 Å². The van der Waals surface area contributed by atoms with Crippen LogP contribution < -0.4 is 14.8 Å². The lowest BCUT2D eigenvalue weighted by molar-refractivity contribution is 0.0943. The number of carbonyl (C=O) groups excluding carboxylic acids is 1. The molecule has 1 amide bonds. The molecule has 4 rings (SSSR count). The highest BCUT2D eigenvalue weighted by Gasteiger charge is 2.16. The highest BCUT2D eigenvalue weighted by molar-refractivity contribution is 5.98. The smallest absolute Gasteiger partial charge is 0.268 e. The van der Waals surface area contributed by atoms with Crippen molar-refractivity contribution in [2.45, 2.75) is 6.54 Å². The molecule has 0 radical (unpaired) electrons. The van der Waals surface area contributed by atoms with E-state index in [2.05, 4.69) is 5.32 Å². The Morgan fingerprint density at radius 2 is 2.04 bits per heavy atom. The summed E-state index contributed by atoms with van der Waals surface area (Å²) >= 11 is 0. The van der Waals surface area contributed by atoms with Crippen LogP contribution in [0, 0.1) is 5.82 Å². The standard InChI is InChI=1S/C18H15FN2O3/c1-21-14-4-2-3-13(19)12(14)8-15(21)18(22)20-9-11-5-6-16-17(7-11)24-10-23-16/h2-8H,9-10H2,1H3,(H,20,22). The topological polar surface area (TPSA) is 52.5 Å². The summed E-state index contributed by atoms with van der Waals surface area (Å²) in [5, 5.41) is 3.29. The number of nitrogens with one attached hydrogen (secondary N) is 1. The minimum absolute atomic E-state index is 0.215. The third-order valence-corrected chi connectivity index (χ3v) is 4.16. The number of halogens is 1. The fraction of sp³-hybridized carbons (Fsp3) is 0.167. The molecule has 24 heavy (non-hydrogen) atoms. The third-order valence-electron chi connectivity index (χ3n) is 4.16. The van der Waals surface area contributed by atoms with Crippen molar-refractivity contribution < 1.29 is 18.7 Å². The normalized spacial score (nSPS) is 12.6. The predicted molar refractivity (Wildman–Crippen MR) is 86.6 cm³/mol. The molecule has 5 nitrogen and oxygen atoms in total. The zero-order valence-electron chi connectivity index (χ0n) is 13.0. The lowest BCUT2D eigenvalue weighted by Crippen LogP contribution is -2.24. The number of hydrogen-bond acceptors (Lipinski definition) is 3. The minimum atomic E-state index is -0.335. The zero-order chi connectivity index (χ0) is 16.7. The number of nitrogens with zero attached hydrogens (tertiary/aromatic N) is 1. The molecule has 0 aliphatic carbocycles. The Balaban J connectivity index is 1.54. The number of aromatic nitrogens is 1. The van der Waals surface area contributed by atoms with Crippen LogP contribution in [0.4, 0.5) is 4.39 Å². The summed E-state index contributed by atoms with van der Waals surface area (Å²) in [6.07, 6.45) is 0. The maximum atomic E-state index is 13.9. The molecule has 2 heterocycles. The number of benzene rings is 2. The SMILES string of the molecule is Cn1c(C(=O)NCc2ccc3c(c2)OCO3)cc2c(F)cccc21. The van der Waals surface area contributed by atoms with Gasteiger partial charge in [-0.2, -0.15) is 0 Å². The van der Waals surface area contributed by atoms with Crippen LogP contribution in [-0.4, -0.2) is 17.3 Å². The lowest BCUT2D eigenvalue weighted by Gasteiger charge is -2.07. The van der Waals surface area contributed by atoms with E-state index in [4.69, 9.17) is 9.47 Å². The quantitative estimate of drug-likeness (QED) is 0.805. The molecule has 122 valence electrons. The number of ether oxygens (including phenoxy) is 2. The summed E-state index contributed by atoms with van der Waals surface area (Å²) in [5.74, 6) is 0.784. The zero-order valence-corrected chi connectivity index (χ0v) is 13.0. The molecule has 1 aromatic heterocycles. The number of fused-ring (bicyclic) bond motifs is 2. The average Bonchev–Trinajstić information content (AvgIpc) is 3.18. The molecule has 0 unspecified atom stereocenters. The first-order chi connectivity index (χ1) is 11.6. The summed E-state index contributed by atoms with van der Waals surface area (Å²) in [4.78, 5) is 12.4. The Hall–Kier alpha value is -3.02. The second-order valence-corrected chi connectivity index (χ2v) is 5.63. The number of carbonyl (C=O) groups is 1. The van der Waals surface area contributed by atoms with Gasteiger partial charge in [0.2, 0.25) is 6.79 Å². The molecule has 0 saturated carbocycles. The summed E-state index contributed by atoms with van der Waals surface area (Å²) in [6, 6.07) is 11.9. The van der Waals surface area contributed by atoms with Crippen molar-refractivity contribution in [2.24, 2.45) is 7.05 Å². The summed E-state index contributed by atoms with van der Waals surface area (Å²) < 4.78 is 26.1. The summed E-state index contributed by atoms with van der Waals surface area (Å²) in [6.45, 7) is 0.562. The maximum absolute atomic E-state index is 13.9. The van der Waals surface area contributed by atoms with Gasteiger partial charge in [-0.05, 0) is 35.9 Å². The van der Waals surface area contributed by atoms with E-state index in [1.165, 1.54) is 6.07 Å². The Labute approximate surface area is 137 Å². The Morgan fingerprint density at radius 3 is 2.88 bits per heavy atom. The van der Waals surface area contributed by atoms with Crippen molar-refractivity contribution in [1.82, 2.24) is 9.88 Å². The first-order valence-electron chi connectivity index (χ1n) is 7.54. The molecular formula is C18H15FN2O3. The molecule has 0 atom stereocenters. The van der Waals surface area contributed by atoms with Crippen LogP contribution in [0.25, 0.3) is 10.9 Å². The third kappa shape index (κ3) is 2.36. The van der Waals surface area contributed by atoms with Gasteiger partial charge in [0.05, 0.1) is 5.52 Å². The van der Waals surface area contributed by atoms with Crippen molar-refractivity contribution >= 4 is 16.8 Å². The van der Waals surface area contributed by atoms with Gasteiger partial charge in [0, 0.05) is 19.0 Å². The molecule has 0 saturated heterocycles. The molecule has 6 heteroatoms. The Morgan fingerprint density at radius 1 is 1.21 bits per heavy atom. The van der Waals surface area contributed by atoms with Crippen molar-refractivity contribution in [3.8, 4) is 11.5 Å². The maximum Gasteiger partial charge on any atom is 0.268 e. The summed E-state index contributed by atoms with van der Waals surface area (Å²) in [7, 11) is 1.75. The number of hydrogen-bond donors (Lipinski definition) is 1. The molecular weight excluding hydrogens is 311 g/mol. The highest BCUT2D eigenvalue weighted by Crippen LogP contribution is 2.32. The first kappa shape index (κ1) is 14.6. The van der Waals surface area contributed by atoms with Gasteiger partial charge in [0.25, 0.3) is 5.91 Å². The van der Waals surface area contributed by atoms with Gasteiger partial charge in [-0.1, -0.05) is 12.1 Å². The number of aryl methyl sites for hydroxylation is 1. The van der Waals surface area contributed by atoms with Crippen LogP contribution in [0.1, 0.15) is 16.1 Å². The molecule has 1 aliphatic heterocycles. The van der Waals surface area contributed by atoms with E-state index in [-0.39, 0.29) is 18.5 Å². The van der Waals surface area contributed by atoms with Gasteiger partial charge in [0.15, 0.2) is 11.5 Å². The van der Waals surface area contributed by atoms with Gasteiger partial charge in [-0.15, -0.1) is 0 Å². The van der Waals surface area contributed by atoms with E-state index < -0.39 is 0 Å². The van der Waals surface area contributed by atoms with Crippen LogP contribution >= 0.6 is 0 Å².